The quantitative estimate of drug-likeness (QED) is 0.510. The zero-order chi connectivity index (χ0) is 23.1. The third kappa shape index (κ3) is 6.40. The van der Waals surface area contributed by atoms with E-state index in [9.17, 15) is 18.0 Å². The Balaban J connectivity index is 1.63. The van der Waals surface area contributed by atoms with Crippen molar-refractivity contribution >= 4 is 5.91 Å². The van der Waals surface area contributed by atoms with Crippen LogP contribution >= 0.6 is 0 Å². The Morgan fingerprint density at radius 3 is 2.41 bits per heavy atom. The van der Waals surface area contributed by atoms with Gasteiger partial charge in [0.1, 0.15) is 6.26 Å². The van der Waals surface area contributed by atoms with Gasteiger partial charge in [0.05, 0.1) is 12.1 Å². The molecule has 2 heterocycles. The van der Waals surface area contributed by atoms with E-state index in [1.807, 2.05) is 18.7 Å². The minimum absolute atomic E-state index is 0.133. The summed E-state index contributed by atoms with van der Waals surface area (Å²) in [6.45, 7) is 5.15. The molecule has 9 heteroatoms. The van der Waals surface area contributed by atoms with Gasteiger partial charge in [-0.25, -0.2) is 4.98 Å². The van der Waals surface area contributed by atoms with Crippen LogP contribution in [0.4, 0.5) is 13.2 Å². The molecule has 0 fully saturated rings. The highest BCUT2D eigenvalue weighted by Gasteiger charge is 2.30. The molecule has 0 bridgehead atoms. The zero-order valence-corrected chi connectivity index (χ0v) is 17.9. The number of hydrogen-bond acceptors (Lipinski definition) is 5. The number of hydrogen-bond donors (Lipinski definition) is 1. The summed E-state index contributed by atoms with van der Waals surface area (Å²) in [5, 5.41) is 2.78. The molecule has 0 spiro atoms. The predicted octanol–water partition coefficient (Wildman–Crippen LogP) is 4.82. The highest BCUT2D eigenvalue weighted by molar-refractivity contribution is 5.91. The van der Waals surface area contributed by atoms with Gasteiger partial charge in [0.15, 0.2) is 5.69 Å². The van der Waals surface area contributed by atoms with Crippen molar-refractivity contribution in [2.45, 2.75) is 52.1 Å². The van der Waals surface area contributed by atoms with Crippen LogP contribution in [0.1, 0.15) is 53.3 Å². The number of rotatable bonds is 9. The van der Waals surface area contributed by atoms with Crippen LogP contribution in [-0.4, -0.2) is 26.8 Å². The third-order valence-electron chi connectivity index (χ3n) is 5.21. The number of nitrogens with zero attached hydrogens (tertiary/aromatic N) is 3. The molecule has 1 atom stereocenters. The Bertz CT molecular complexity index is 1000. The van der Waals surface area contributed by atoms with Gasteiger partial charge < -0.3 is 9.73 Å². The van der Waals surface area contributed by atoms with E-state index < -0.39 is 11.7 Å². The summed E-state index contributed by atoms with van der Waals surface area (Å²) >= 11 is 0. The molecule has 0 radical (unpaired) electrons. The summed E-state index contributed by atoms with van der Waals surface area (Å²) in [5.74, 6) is 0.0147. The number of carbonyl (C=O) groups is 1. The minimum atomic E-state index is -4.36. The topological polar surface area (TPSA) is 71.3 Å². The molecule has 1 amide bonds. The van der Waals surface area contributed by atoms with Crippen molar-refractivity contribution in [3.8, 4) is 0 Å². The number of nitrogens with one attached hydrogen (secondary N) is 1. The van der Waals surface area contributed by atoms with E-state index in [-0.39, 0.29) is 17.6 Å². The fourth-order valence-electron chi connectivity index (χ4n) is 3.09. The molecule has 0 aliphatic rings. The van der Waals surface area contributed by atoms with Crippen molar-refractivity contribution in [2.75, 3.05) is 0 Å². The fourth-order valence-corrected chi connectivity index (χ4v) is 3.09. The number of amides is 1. The van der Waals surface area contributed by atoms with Gasteiger partial charge in [-0.1, -0.05) is 19.1 Å². The van der Waals surface area contributed by atoms with E-state index in [1.165, 1.54) is 18.4 Å². The van der Waals surface area contributed by atoms with E-state index in [1.54, 1.807) is 24.5 Å². The first-order chi connectivity index (χ1) is 15.3. The summed E-state index contributed by atoms with van der Waals surface area (Å²) in [5.41, 5.74) is 1.16. The van der Waals surface area contributed by atoms with E-state index in [0.717, 1.165) is 29.7 Å². The molecule has 3 aromatic rings. The lowest BCUT2D eigenvalue weighted by molar-refractivity contribution is -0.137. The van der Waals surface area contributed by atoms with E-state index in [2.05, 4.69) is 15.3 Å². The molecule has 0 saturated carbocycles. The maximum Gasteiger partial charge on any atom is 0.416 e. The van der Waals surface area contributed by atoms with Gasteiger partial charge in [0.25, 0.3) is 5.91 Å². The monoisotopic (exact) mass is 446 g/mol. The van der Waals surface area contributed by atoms with Crippen LogP contribution in [0.2, 0.25) is 0 Å². The number of alkyl halides is 3. The maximum atomic E-state index is 12.8. The molecule has 0 aliphatic carbocycles. The highest BCUT2D eigenvalue weighted by atomic mass is 19.4. The normalized spacial score (nSPS) is 12.7. The fraction of sp³-hybridized carbons (Fsp3) is 0.348. The van der Waals surface area contributed by atoms with Crippen LogP contribution in [0, 0.1) is 0 Å². The molecule has 1 N–H and O–H groups in total. The van der Waals surface area contributed by atoms with Crippen LogP contribution in [0.3, 0.4) is 0 Å². The summed E-state index contributed by atoms with van der Waals surface area (Å²) in [6.07, 6.45) is 1.08. The van der Waals surface area contributed by atoms with Crippen molar-refractivity contribution in [2.24, 2.45) is 0 Å². The number of aromatic nitrogens is 2. The number of oxazole rings is 1. The van der Waals surface area contributed by atoms with Gasteiger partial charge in [-0.3, -0.25) is 14.7 Å². The van der Waals surface area contributed by atoms with Gasteiger partial charge in [-0.2, -0.15) is 13.2 Å². The molecule has 3 rings (SSSR count). The van der Waals surface area contributed by atoms with Crippen LogP contribution in [0.15, 0.2) is 59.5 Å². The van der Waals surface area contributed by atoms with E-state index in [0.29, 0.717) is 25.5 Å². The number of carbonyl (C=O) groups excluding carboxylic acids is 1. The van der Waals surface area contributed by atoms with Crippen molar-refractivity contribution in [3.63, 3.8) is 0 Å². The van der Waals surface area contributed by atoms with Gasteiger partial charge in [-0.05, 0) is 48.7 Å². The number of halogens is 3. The van der Waals surface area contributed by atoms with Gasteiger partial charge in [0, 0.05) is 31.5 Å². The van der Waals surface area contributed by atoms with Crippen LogP contribution in [0.25, 0.3) is 0 Å². The second-order valence-corrected chi connectivity index (χ2v) is 7.52. The second-order valence-electron chi connectivity index (χ2n) is 7.52. The summed E-state index contributed by atoms with van der Waals surface area (Å²) in [6, 6.07) is 8.87. The molecule has 0 aliphatic heterocycles. The minimum Gasteiger partial charge on any atom is -0.447 e. The van der Waals surface area contributed by atoms with Gasteiger partial charge in [-0.15, -0.1) is 0 Å². The Hall–Kier alpha value is -3.20. The molecular formula is C23H25F3N4O2. The van der Waals surface area contributed by atoms with E-state index >= 15 is 0 Å². The Kier molecular flexibility index (Phi) is 7.63. The SMILES string of the molecule is CCC(C)N(Cc1ccc(C(F)(F)F)cc1)Cc1nc(C(=O)NCc2ccncc2)co1. The first-order valence-corrected chi connectivity index (χ1v) is 10.3. The van der Waals surface area contributed by atoms with Crippen molar-refractivity contribution < 1.29 is 22.4 Å². The molecule has 1 aromatic carbocycles. The lowest BCUT2D eigenvalue weighted by Gasteiger charge is -2.27. The molecular weight excluding hydrogens is 421 g/mol. The van der Waals surface area contributed by atoms with Gasteiger partial charge >= 0.3 is 6.18 Å². The molecule has 32 heavy (non-hydrogen) atoms. The molecule has 6 nitrogen and oxygen atoms in total. The van der Waals surface area contributed by atoms with E-state index in [4.69, 9.17) is 4.42 Å². The molecule has 0 saturated heterocycles. The number of pyridine rings is 1. The number of benzene rings is 1. The van der Waals surface area contributed by atoms with Gasteiger partial charge in [0.2, 0.25) is 5.89 Å². The standard InChI is InChI=1S/C23H25F3N4O2/c1-3-16(2)30(13-18-4-6-19(7-5-18)23(24,25)26)14-21-29-20(15-32-21)22(31)28-12-17-8-10-27-11-9-17/h4-11,15-16H,3,12-14H2,1-2H3,(H,28,31). The average Bonchev–Trinajstić information content (AvgIpc) is 3.25. The molecule has 1 unspecified atom stereocenters. The summed E-state index contributed by atoms with van der Waals surface area (Å²) in [4.78, 5) is 22.6. The zero-order valence-electron chi connectivity index (χ0n) is 17.9. The van der Waals surface area contributed by atoms with Crippen LogP contribution in [-0.2, 0) is 25.8 Å². The predicted molar refractivity (Wildman–Crippen MR) is 112 cm³/mol. The Morgan fingerprint density at radius 1 is 1.09 bits per heavy atom. The highest BCUT2D eigenvalue weighted by Crippen LogP contribution is 2.29. The largest absolute Gasteiger partial charge is 0.447 e. The Labute approximate surface area is 184 Å². The van der Waals surface area contributed by atoms with Crippen molar-refractivity contribution in [1.82, 2.24) is 20.2 Å². The van der Waals surface area contributed by atoms with Crippen LogP contribution in [0.5, 0.6) is 0 Å². The summed E-state index contributed by atoms with van der Waals surface area (Å²) in [7, 11) is 0. The lowest BCUT2D eigenvalue weighted by atomic mass is 10.1. The summed E-state index contributed by atoms with van der Waals surface area (Å²) < 4.78 is 43.9. The van der Waals surface area contributed by atoms with Crippen LogP contribution < -0.4 is 5.32 Å². The maximum absolute atomic E-state index is 12.8. The lowest BCUT2D eigenvalue weighted by Crippen LogP contribution is -2.32. The van der Waals surface area contributed by atoms with Crippen molar-refractivity contribution in [1.29, 1.82) is 0 Å². The second kappa shape index (κ2) is 10.4. The first-order valence-electron chi connectivity index (χ1n) is 10.3. The first kappa shape index (κ1) is 23.5. The molecule has 2 aromatic heterocycles. The van der Waals surface area contributed by atoms with Crippen molar-refractivity contribution in [3.05, 3.63) is 83.3 Å². The smallest absolute Gasteiger partial charge is 0.416 e. The molecule has 170 valence electrons. The third-order valence-corrected chi connectivity index (χ3v) is 5.21. The average molecular weight is 446 g/mol. The Morgan fingerprint density at radius 2 is 1.78 bits per heavy atom.